The minimum absolute atomic E-state index is 0.121. The number of anilines is 3. The van der Waals surface area contributed by atoms with Crippen molar-refractivity contribution in [3.63, 3.8) is 0 Å². The number of carbonyl (C=O) groups excluding carboxylic acids is 2. The zero-order valence-electron chi connectivity index (χ0n) is 33.3. The molecule has 61 heavy (non-hydrogen) atoms. The summed E-state index contributed by atoms with van der Waals surface area (Å²) >= 11 is 0. The van der Waals surface area contributed by atoms with Gasteiger partial charge in [0, 0.05) is 68.6 Å². The molecule has 0 radical (unpaired) electrons. The molecule has 0 bridgehead atoms. The second kappa shape index (κ2) is 19.7. The fourth-order valence-electron chi connectivity index (χ4n) is 7.66. The van der Waals surface area contributed by atoms with Crippen LogP contribution in [0.15, 0.2) is 81.3 Å². The van der Waals surface area contributed by atoms with E-state index in [0.717, 1.165) is 37.2 Å². The number of rotatable bonds is 22. The summed E-state index contributed by atoms with van der Waals surface area (Å²) < 4.78 is 91.1. The van der Waals surface area contributed by atoms with E-state index in [1.807, 2.05) is 4.90 Å². The van der Waals surface area contributed by atoms with Crippen LogP contribution in [-0.2, 0) is 45.7 Å². The molecular formula is C42H47N5O12S2. The fraction of sp³-hybridized carbons (Fsp3) is 0.405. The van der Waals surface area contributed by atoms with Crippen LogP contribution in [0.2, 0.25) is 0 Å². The molecular weight excluding hydrogens is 831 g/mol. The number of benzene rings is 3. The van der Waals surface area contributed by atoms with Crippen molar-refractivity contribution < 1.29 is 54.3 Å². The van der Waals surface area contributed by atoms with Crippen LogP contribution < -0.4 is 10.2 Å². The van der Waals surface area contributed by atoms with E-state index in [-0.39, 0.29) is 28.6 Å². The average molecular weight is 878 g/mol. The summed E-state index contributed by atoms with van der Waals surface area (Å²) in [5, 5.41) is 7.71. The van der Waals surface area contributed by atoms with Crippen molar-refractivity contribution >= 4 is 59.8 Å². The molecule has 0 amide bonds. The van der Waals surface area contributed by atoms with Crippen molar-refractivity contribution in [1.29, 1.82) is 0 Å². The first-order valence-electron chi connectivity index (χ1n) is 20.1. The monoisotopic (exact) mass is 877 g/mol. The molecule has 17 nitrogen and oxygen atoms in total. The lowest BCUT2D eigenvalue weighted by Gasteiger charge is -2.34. The van der Waals surface area contributed by atoms with Gasteiger partial charge in [-0.15, -0.1) is 0 Å². The van der Waals surface area contributed by atoms with Crippen LogP contribution in [0.5, 0.6) is 0 Å². The number of hydrogen-bond donors (Lipinski definition) is 3. The van der Waals surface area contributed by atoms with Crippen LogP contribution >= 0.6 is 0 Å². The number of hydrogen-bond acceptors (Lipinski definition) is 15. The van der Waals surface area contributed by atoms with Crippen molar-refractivity contribution in [2.24, 2.45) is 5.92 Å². The Morgan fingerprint density at radius 3 is 2.21 bits per heavy atom. The molecule has 2 aliphatic rings. The molecule has 1 fully saturated rings. The Bertz CT molecular complexity index is 2590. The summed E-state index contributed by atoms with van der Waals surface area (Å²) in [5.41, 5.74) is 1.74. The van der Waals surface area contributed by atoms with Gasteiger partial charge in [0.25, 0.3) is 20.2 Å². The molecule has 3 heterocycles. The van der Waals surface area contributed by atoms with E-state index in [0.29, 0.717) is 124 Å². The molecule has 1 aliphatic carbocycles. The first-order chi connectivity index (χ1) is 29.4. The van der Waals surface area contributed by atoms with E-state index < -0.39 is 35.8 Å². The summed E-state index contributed by atoms with van der Waals surface area (Å²) in [7, 11) is -9.88. The molecule has 3 N–H and O–H groups in total. The number of aryl methyl sites for hydroxylation is 1. The molecule has 3 aromatic carbocycles. The number of unbranched alkanes of at least 4 members (excludes halogenated alkanes) is 2. The smallest absolute Gasteiger partial charge is 0.296 e. The van der Waals surface area contributed by atoms with Gasteiger partial charge in [-0.25, -0.2) is 9.97 Å². The van der Waals surface area contributed by atoms with Gasteiger partial charge in [0.15, 0.2) is 11.5 Å². The van der Waals surface area contributed by atoms with Gasteiger partial charge in [0.1, 0.15) is 22.0 Å². The van der Waals surface area contributed by atoms with E-state index in [1.165, 1.54) is 0 Å². The Labute approximate surface area is 353 Å². The third-order valence-corrected chi connectivity index (χ3v) is 12.4. The second-order valence-corrected chi connectivity index (χ2v) is 17.6. The van der Waals surface area contributed by atoms with E-state index in [9.17, 15) is 35.5 Å². The number of Topliss-reactive ketones (excluding diaryl/α,β-unsaturated/α-hetero) is 1. The van der Waals surface area contributed by atoms with Gasteiger partial charge in [-0.3, -0.25) is 18.7 Å². The van der Waals surface area contributed by atoms with Crippen molar-refractivity contribution in [3.8, 4) is 11.3 Å². The van der Waals surface area contributed by atoms with Crippen molar-refractivity contribution in [2.45, 2.75) is 61.2 Å². The summed E-state index contributed by atoms with van der Waals surface area (Å²) in [4.78, 5) is 36.5. The fourth-order valence-corrected chi connectivity index (χ4v) is 8.92. The molecule has 1 aliphatic heterocycles. The Kier molecular flexibility index (Phi) is 14.2. The zero-order chi connectivity index (χ0) is 43.0. The topological polar surface area (TPSA) is 238 Å². The summed E-state index contributed by atoms with van der Waals surface area (Å²) in [6.07, 6.45) is 9.34. The lowest BCUT2D eigenvalue weighted by Crippen LogP contribution is -2.39. The molecule has 19 heteroatoms. The minimum Gasteiger partial charge on any atom is -0.379 e. The van der Waals surface area contributed by atoms with Gasteiger partial charge in [-0.1, -0.05) is 29.4 Å². The number of aromatic nitrogens is 3. The minimum atomic E-state index is -5.04. The molecule has 324 valence electrons. The number of ether oxygens (including phenoxy) is 3. The lowest BCUT2D eigenvalue weighted by molar-refractivity contribution is -0.123. The molecule has 1 saturated heterocycles. The summed E-state index contributed by atoms with van der Waals surface area (Å²) in [6.45, 7) is 3.96. The maximum atomic E-state index is 14.1. The first-order valence-corrected chi connectivity index (χ1v) is 23.0. The van der Waals surface area contributed by atoms with Crippen molar-refractivity contribution in [1.82, 2.24) is 15.1 Å². The molecule has 5 aromatic rings. The van der Waals surface area contributed by atoms with Crippen LogP contribution in [-0.4, -0.2) is 105 Å². The number of fused-ring (bicyclic) bond motifs is 2. The van der Waals surface area contributed by atoms with Gasteiger partial charge in [-0.05, 0) is 68.9 Å². The largest absolute Gasteiger partial charge is 0.379 e. The Morgan fingerprint density at radius 1 is 0.820 bits per heavy atom. The van der Waals surface area contributed by atoms with E-state index in [2.05, 4.69) is 20.4 Å². The zero-order valence-corrected chi connectivity index (χ0v) is 35.0. The van der Waals surface area contributed by atoms with E-state index >= 15 is 0 Å². The van der Waals surface area contributed by atoms with Crippen molar-refractivity contribution in [3.05, 3.63) is 83.9 Å². The van der Waals surface area contributed by atoms with Gasteiger partial charge >= 0.3 is 0 Å². The van der Waals surface area contributed by atoms with Gasteiger partial charge in [0.05, 0.1) is 59.3 Å². The number of nitrogens with zero attached hydrogens (tertiary/aromatic N) is 4. The Morgan fingerprint density at radius 2 is 1.51 bits per heavy atom. The average Bonchev–Trinajstić information content (AvgIpc) is 3.69. The molecule has 7 rings (SSSR count). The third kappa shape index (κ3) is 10.7. The quantitative estimate of drug-likeness (QED) is 0.0516. The van der Waals surface area contributed by atoms with Crippen LogP contribution in [0.1, 0.15) is 66.7 Å². The van der Waals surface area contributed by atoms with Crippen LogP contribution in [0.25, 0.3) is 22.2 Å². The predicted molar refractivity (Wildman–Crippen MR) is 223 cm³/mol. The van der Waals surface area contributed by atoms with Crippen LogP contribution in [0.3, 0.4) is 0 Å². The van der Waals surface area contributed by atoms with E-state index in [4.69, 9.17) is 18.7 Å². The van der Waals surface area contributed by atoms with Gasteiger partial charge in [0.2, 0.25) is 0 Å². The maximum absolute atomic E-state index is 14.1. The molecule has 0 unspecified atom stereocenters. The summed E-state index contributed by atoms with van der Waals surface area (Å²) in [5.74, 6) is 0.601. The first kappa shape index (κ1) is 43.9. The molecule has 1 atom stereocenters. The van der Waals surface area contributed by atoms with Crippen molar-refractivity contribution in [2.75, 3.05) is 62.9 Å². The molecule has 2 aromatic heterocycles. The highest BCUT2D eigenvalue weighted by Crippen LogP contribution is 2.47. The Balaban J connectivity index is 0.947. The third-order valence-electron chi connectivity index (χ3n) is 10.7. The SMILES string of the molecule is O=C1c2ccccc2-c2onc3c(N4CCC[C@@H](C(=O)CCCCOCCOCCOCCCCc5ncccn5)C4)cc(Nc4ccc(S(=O)(=O)O)cc4S(=O)(=O)O)c1c23. The molecule has 0 spiro atoms. The number of carbonyl (C=O) groups is 2. The highest BCUT2D eigenvalue weighted by Gasteiger charge is 2.36. The number of ketones is 2. The lowest BCUT2D eigenvalue weighted by atomic mass is 9.85. The standard InChI is InChI=1S/C42H47N5O12S2/c48-35(12-3-5-19-56-21-23-58-24-22-57-20-6-4-13-37-43-16-8-17-44-37)28-9-7-18-47(27-28)34-26-33(45-32-15-14-29(60(50,51)52)25-36(32)61(53,54)55)38-39-40(34)46-59-42(39)31-11-2-1-10-30(31)41(38)49/h1-2,8,10-11,14-17,25-26,28,45H,3-7,9,12-13,18-24,27H2,(H,50,51,52)(H,53,54,55)/t28-/m1/s1. The van der Waals surface area contributed by atoms with Crippen LogP contribution in [0.4, 0.5) is 17.1 Å². The van der Waals surface area contributed by atoms with Gasteiger partial charge in [-0.2, -0.15) is 16.8 Å². The second-order valence-electron chi connectivity index (χ2n) is 14.8. The van der Waals surface area contributed by atoms with Gasteiger partial charge < -0.3 is 29.0 Å². The van der Waals surface area contributed by atoms with E-state index in [1.54, 1.807) is 48.8 Å². The Hall–Kier alpha value is -5.15. The maximum Gasteiger partial charge on any atom is 0.296 e. The summed E-state index contributed by atoms with van der Waals surface area (Å²) in [6, 6.07) is 12.9. The number of nitrogens with one attached hydrogen (secondary N) is 1. The highest BCUT2D eigenvalue weighted by atomic mass is 32.2. The highest BCUT2D eigenvalue weighted by molar-refractivity contribution is 7.86. The number of piperidine rings is 1. The normalized spacial score (nSPS) is 15.3. The molecule has 0 saturated carbocycles. The van der Waals surface area contributed by atoms with Crippen LogP contribution in [0, 0.1) is 5.92 Å². The predicted octanol–water partition coefficient (Wildman–Crippen LogP) is 6.09.